The second-order valence-electron chi connectivity index (χ2n) is 2.84. The Bertz CT molecular complexity index is 377. The van der Waals surface area contributed by atoms with Crippen molar-refractivity contribution in [2.24, 2.45) is 0 Å². The van der Waals surface area contributed by atoms with Gasteiger partial charge in [0.15, 0.2) is 0 Å². The highest BCUT2D eigenvalue weighted by Crippen LogP contribution is 2.14. The average Bonchev–Trinajstić information content (AvgIpc) is 2.18. The number of halogens is 1. The number of nitrogens with two attached hydrogens (primary N) is 1. The molecule has 2 N–H and O–H groups in total. The molecule has 0 heterocycles. The summed E-state index contributed by atoms with van der Waals surface area (Å²) in [7, 11) is 0. The molecule has 72 valence electrons. The molecular weight excluding hydrogens is 240 g/mol. The van der Waals surface area contributed by atoms with Crippen molar-refractivity contribution in [1.82, 2.24) is 0 Å². The molecule has 2 nitrogen and oxygen atoms in total. The summed E-state index contributed by atoms with van der Waals surface area (Å²) in [6, 6.07) is 7.47. The fourth-order valence-electron chi connectivity index (χ4n) is 1.07. The number of alkyl halides is 1. The maximum absolute atomic E-state index is 8.67. The molecule has 0 radical (unpaired) electrons. The first kappa shape index (κ1) is 10.8. The van der Waals surface area contributed by atoms with Gasteiger partial charge in [-0.1, -0.05) is 34.1 Å². The van der Waals surface area contributed by atoms with Gasteiger partial charge in [0.05, 0.1) is 11.3 Å². The first-order chi connectivity index (χ1) is 6.77. The zero-order chi connectivity index (χ0) is 10.4. The molecular formula is C11H11BrN2. The lowest BCUT2D eigenvalue weighted by Crippen LogP contribution is -1.90. The van der Waals surface area contributed by atoms with E-state index in [1.807, 2.05) is 24.3 Å². The van der Waals surface area contributed by atoms with E-state index in [0.29, 0.717) is 11.3 Å². The highest BCUT2D eigenvalue weighted by atomic mass is 79.9. The van der Waals surface area contributed by atoms with E-state index in [4.69, 9.17) is 11.0 Å². The van der Waals surface area contributed by atoms with Crippen molar-refractivity contribution in [1.29, 1.82) is 5.26 Å². The molecule has 0 aliphatic carbocycles. The molecule has 0 amide bonds. The van der Waals surface area contributed by atoms with Crippen LogP contribution in [0, 0.1) is 11.3 Å². The summed E-state index contributed by atoms with van der Waals surface area (Å²) in [5, 5.41) is 9.62. The maximum Gasteiger partial charge on any atom is 0.101 e. The van der Waals surface area contributed by atoms with Crippen molar-refractivity contribution in [2.45, 2.75) is 6.42 Å². The van der Waals surface area contributed by atoms with Crippen LogP contribution in [0.1, 0.15) is 17.5 Å². The predicted octanol–water partition coefficient (Wildman–Crippen LogP) is 2.94. The lowest BCUT2D eigenvalue weighted by atomic mass is 10.1. The zero-order valence-electron chi connectivity index (χ0n) is 7.70. The van der Waals surface area contributed by atoms with Gasteiger partial charge in [-0.05, 0) is 24.1 Å². The minimum atomic E-state index is 0.530. The lowest BCUT2D eigenvalue weighted by Gasteiger charge is -1.98. The van der Waals surface area contributed by atoms with Crippen LogP contribution in [0.4, 0.5) is 5.69 Å². The largest absolute Gasteiger partial charge is 0.398 e. The smallest absolute Gasteiger partial charge is 0.101 e. The quantitative estimate of drug-likeness (QED) is 0.663. The van der Waals surface area contributed by atoms with Gasteiger partial charge in [-0.3, -0.25) is 0 Å². The highest BCUT2D eigenvalue weighted by molar-refractivity contribution is 9.09. The minimum Gasteiger partial charge on any atom is -0.398 e. The molecule has 0 saturated carbocycles. The van der Waals surface area contributed by atoms with Crippen LogP contribution in [0.2, 0.25) is 0 Å². The first-order valence-corrected chi connectivity index (χ1v) is 5.42. The van der Waals surface area contributed by atoms with Gasteiger partial charge < -0.3 is 5.73 Å². The van der Waals surface area contributed by atoms with Crippen LogP contribution in [-0.2, 0) is 0 Å². The zero-order valence-corrected chi connectivity index (χ0v) is 9.29. The van der Waals surface area contributed by atoms with Gasteiger partial charge >= 0.3 is 0 Å². The summed E-state index contributed by atoms with van der Waals surface area (Å²) in [5.74, 6) is 0. The van der Waals surface area contributed by atoms with Crippen molar-refractivity contribution in [3.05, 3.63) is 35.4 Å². The van der Waals surface area contributed by atoms with Crippen LogP contribution < -0.4 is 5.73 Å². The van der Waals surface area contributed by atoms with Crippen LogP contribution in [0.5, 0.6) is 0 Å². The molecule has 0 aliphatic heterocycles. The molecule has 0 unspecified atom stereocenters. The highest BCUT2D eigenvalue weighted by Gasteiger charge is 1.96. The fraction of sp³-hybridized carbons (Fsp3) is 0.182. The van der Waals surface area contributed by atoms with E-state index in [9.17, 15) is 0 Å². The molecule has 0 fully saturated rings. The molecule has 0 atom stereocenters. The van der Waals surface area contributed by atoms with E-state index in [-0.39, 0.29) is 0 Å². The Morgan fingerprint density at radius 2 is 2.29 bits per heavy atom. The minimum absolute atomic E-state index is 0.530. The number of nitriles is 1. The monoisotopic (exact) mass is 250 g/mol. The SMILES string of the molecule is N#Cc1ccc(C=CCCBr)cc1N. The molecule has 0 aromatic heterocycles. The van der Waals surface area contributed by atoms with E-state index >= 15 is 0 Å². The maximum atomic E-state index is 8.67. The van der Waals surface area contributed by atoms with Crippen molar-refractivity contribution in [2.75, 3.05) is 11.1 Å². The topological polar surface area (TPSA) is 49.8 Å². The number of nitrogen functional groups attached to an aromatic ring is 1. The number of hydrogen-bond donors (Lipinski definition) is 1. The van der Waals surface area contributed by atoms with Crippen LogP contribution in [0.25, 0.3) is 6.08 Å². The molecule has 0 spiro atoms. The van der Waals surface area contributed by atoms with E-state index in [1.54, 1.807) is 6.07 Å². The van der Waals surface area contributed by atoms with Crippen molar-refractivity contribution < 1.29 is 0 Å². The van der Waals surface area contributed by atoms with Gasteiger partial charge in [-0.2, -0.15) is 5.26 Å². The Kier molecular flexibility index (Phi) is 4.21. The van der Waals surface area contributed by atoms with Gasteiger partial charge in [-0.25, -0.2) is 0 Å². The standard InChI is InChI=1S/C11H11BrN2/c12-6-2-1-3-9-4-5-10(8-13)11(14)7-9/h1,3-5,7H,2,6,14H2. The van der Waals surface area contributed by atoms with E-state index < -0.39 is 0 Å². The number of anilines is 1. The van der Waals surface area contributed by atoms with Gasteiger partial charge in [0.25, 0.3) is 0 Å². The van der Waals surface area contributed by atoms with Gasteiger partial charge in [-0.15, -0.1) is 0 Å². The van der Waals surface area contributed by atoms with E-state index in [1.165, 1.54) is 0 Å². The number of nitrogens with zero attached hydrogens (tertiary/aromatic N) is 1. The Morgan fingerprint density at radius 1 is 1.50 bits per heavy atom. The summed E-state index contributed by atoms with van der Waals surface area (Å²) in [6.07, 6.45) is 5.05. The fourth-order valence-corrected chi connectivity index (χ4v) is 1.33. The Morgan fingerprint density at radius 3 is 2.86 bits per heavy atom. The molecule has 1 aromatic rings. The second kappa shape index (κ2) is 5.46. The molecule has 0 aliphatic rings. The molecule has 0 saturated heterocycles. The number of hydrogen-bond acceptors (Lipinski definition) is 2. The summed E-state index contributed by atoms with van der Waals surface area (Å²) in [6.45, 7) is 0. The van der Waals surface area contributed by atoms with Crippen LogP contribution >= 0.6 is 15.9 Å². The van der Waals surface area contributed by atoms with Gasteiger partial charge in [0.2, 0.25) is 0 Å². The Labute approximate surface area is 92.2 Å². The molecule has 1 rings (SSSR count). The normalized spacial score (nSPS) is 10.3. The van der Waals surface area contributed by atoms with Crippen LogP contribution in [0.3, 0.4) is 0 Å². The van der Waals surface area contributed by atoms with E-state index in [0.717, 1.165) is 17.3 Å². The molecule has 14 heavy (non-hydrogen) atoms. The third kappa shape index (κ3) is 2.90. The second-order valence-corrected chi connectivity index (χ2v) is 3.63. The van der Waals surface area contributed by atoms with E-state index in [2.05, 4.69) is 22.0 Å². The van der Waals surface area contributed by atoms with Crippen LogP contribution in [0.15, 0.2) is 24.3 Å². The van der Waals surface area contributed by atoms with Crippen LogP contribution in [-0.4, -0.2) is 5.33 Å². The third-order valence-electron chi connectivity index (χ3n) is 1.78. The lowest BCUT2D eigenvalue weighted by molar-refractivity contribution is 1.27. The number of allylic oxidation sites excluding steroid dienone is 1. The van der Waals surface area contributed by atoms with Crippen molar-refractivity contribution in [3.63, 3.8) is 0 Å². The predicted molar refractivity (Wildman–Crippen MR) is 63.0 cm³/mol. The molecule has 3 heteroatoms. The Hall–Kier alpha value is -1.27. The third-order valence-corrected chi connectivity index (χ3v) is 2.24. The van der Waals surface area contributed by atoms with Gasteiger partial charge in [0.1, 0.15) is 6.07 Å². The molecule has 1 aromatic carbocycles. The average molecular weight is 251 g/mol. The summed E-state index contributed by atoms with van der Waals surface area (Å²) in [4.78, 5) is 0. The molecule has 0 bridgehead atoms. The summed E-state index contributed by atoms with van der Waals surface area (Å²) < 4.78 is 0. The first-order valence-electron chi connectivity index (χ1n) is 4.30. The Balaban J connectivity index is 2.82. The number of rotatable bonds is 3. The number of benzene rings is 1. The van der Waals surface area contributed by atoms with Crippen molar-refractivity contribution in [3.8, 4) is 6.07 Å². The summed E-state index contributed by atoms with van der Waals surface area (Å²) >= 11 is 3.34. The van der Waals surface area contributed by atoms with Crippen molar-refractivity contribution >= 4 is 27.7 Å². The van der Waals surface area contributed by atoms with Gasteiger partial charge in [0, 0.05) is 5.33 Å². The summed E-state index contributed by atoms with van der Waals surface area (Å²) in [5.41, 5.74) is 7.77.